The molecule has 3 aromatic rings. The highest BCUT2D eigenvalue weighted by Gasteiger charge is 2.35. The Morgan fingerprint density at radius 3 is 2.54 bits per heavy atom. The molecule has 0 spiro atoms. The number of amides is 3. The Morgan fingerprint density at radius 2 is 1.74 bits per heavy atom. The predicted molar refractivity (Wildman–Crippen MR) is 136 cm³/mol. The van der Waals surface area contributed by atoms with Crippen molar-refractivity contribution in [2.24, 2.45) is 0 Å². The lowest BCUT2D eigenvalue weighted by molar-refractivity contribution is -0.123. The number of benzene rings is 3. The molecule has 1 fully saturated rings. The summed E-state index contributed by atoms with van der Waals surface area (Å²) in [6.07, 6.45) is 1.61. The molecule has 1 aliphatic heterocycles. The minimum absolute atomic E-state index is 0.147. The van der Waals surface area contributed by atoms with E-state index in [4.69, 9.17) is 9.47 Å². The van der Waals surface area contributed by atoms with Gasteiger partial charge in [0.25, 0.3) is 17.1 Å². The normalized spacial score (nSPS) is 14.3. The number of nitrogens with one attached hydrogen (secondary N) is 1. The van der Waals surface area contributed by atoms with E-state index in [1.807, 2.05) is 55.5 Å². The summed E-state index contributed by atoms with van der Waals surface area (Å²) in [7, 11) is 0. The van der Waals surface area contributed by atoms with Crippen LogP contribution in [-0.2, 0) is 9.59 Å². The topological polar surface area (TPSA) is 84.9 Å². The molecule has 178 valence electrons. The largest absolute Gasteiger partial charge is 0.492 e. The molecular formula is C27H24N2O5S. The molecule has 0 saturated carbocycles. The van der Waals surface area contributed by atoms with E-state index in [0.717, 1.165) is 22.2 Å². The van der Waals surface area contributed by atoms with Gasteiger partial charge in [-0.2, -0.15) is 0 Å². The van der Waals surface area contributed by atoms with Crippen LogP contribution in [0.4, 0.5) is 10.5 Å². The quantitative estimate of drug-likeness (QED) is 0.421. The van der Waals surface area contributed by atoms with Crippen LogP contribution in [0.25, 0.3) is 6.08 Å². The molecule has 0 aromatic heterocycles. The highest BCUT2D eigenvalue weighted by molar-refractivity contribution is 8.18. The summed E-state index contributed by atoms with van der Waals surface area (Å²) in [5, 5.41) is 2.44. The van der Waals surface area contributed by atoms with E-state index < -0.39 is 0 Å². The number of rotatable bonds is 9. The van der Waals surface area contributed by atoms with Gasteiger partial charge in [-0.15, -0.1) is 0 Å². The lowest BCUT2D eigenvalue weighted by atomic mass is 10.2. The standard InChI is InChI=1S/C27H24N2O5S/c1-19-8-7-10-21(16-19)28-25(30)18-34-23-13-6-5-9-20(23)17-24-26(31)29(27(32)35-24)14-15-33-22-11-3-2-4-12-22/h2-13,16-17H,14-15,18H2,1H3,(H,28,30)/b24-17-. The highest BCUT2D eigenvalue weighted by atomic mass is 32.2. The van der Waals surface area contributed by atoms with Crippen LogP contribution in [0.3, 0.4) is 0 Å². The van der Waals surface area contributed by atoms with Crippen LogP contribution in [0.2, 0.25) is 0 Å². The number of hydrogen-bond acceptors (Lipinski definition) is 6. The molecule has 0 unspecified atom stereocenters. The Bertz CT molecular complexity index is 1260. The number of imide groups is 1. The summed E-state index contributed by atoms with van der Waals surface area (Å²) in [6.45, 7) is 2.09. The molecule has 0 aliphatic carbocycles. The lowest BCUT2D eigenvalue weighted by Gasteiger charge is -2.13. The van der Waals surface area contributed by atoms with E-state index in [-0.39, 0.29) is 41.7 Å². The molecule has 4 rings (SSSR count). The van der Waals surface area contributed by atoms with Crippen molar-refractivity contribution in [2.45, 2.75) is 6.92 Å². The molecule has 1 heterocycles. The number of nitrogens with zero attached hydrogens (tertiary/aromatic N) is 1. The lowest BCUT2D eigenvalue weighted by Crippen LogP contribution is -2.32. The number of carbonyl (C=O) groups is 3. The molecular weight excluding hydrogens is 464 g/mol. The van der Waals surface area contributed by atoms with Gasteiger partial charge in [0.1, 0.15) is 18.1 Å². The number of para-hydroxylation sites is 2. The zero-order chi connectivity index (χ0) is 24.6. The van der Waals surface area contributed by atoms with Gasteiger partial charge in [-0.05, 0) is 60.7 Å². The second-order valence-electron chi connectivity index (χ2n) is 7.74. The van der Waals surface area contributed by atoms with Crippen molar-refractivity contribution in [2.75, 3.05) is 25.1 Å². The average molecular weight is 489 g/mol. The van der Waals surface area contributed by atoms with E-state index in [0.29, 0.717) is 22.7 Å². The van der Waals surface area contributed by atoms with Gasteiger partial charge in [0.15, 0.2) is 6.61 Å². The first-order chi connectivity index (χ1) is 17.0. The molecule has 1 N–H and O–H groups in total. The molecule has 0 atom stereocenters. The number of thioether (sulfide) groups is 1. The van der Waals surface area contributed by atoms with Gasteiger partial charge in [-0.3, -0.25) is 19.3 Å². The monoisotopic (exact) mass is 488 g/mol. The summed E-state index contributed by atoms with van der Waals surface area (Å²) in [6, 6.07) is 23.7. The molecule has 0 bridgehead atoms. The first kappa shape index (κ1) is 24.1. The van der Waals surface area contributed by atoms with Gasteiger partial charge < -0.3 is 14.8 Å². The van der Waals surface area contributed by atoms with Crippen LogP contribution in [0.15, 0.2) is 83.8 Å². The van der Waals surface area contributed by atoms with Crippen LogP contribution in [0.5, 0.6) is 11.5 Å². The van der Waals surface area contributed by atoms with Crippen LogP contribution >= 0.6 is 11.8 Å². The maximum Gasteiger partial charge on any atom is 0.293 e. The minimum atomic E-state index is -0.386. The van der Waals surface area contributed by atoms with E-state index >= 15 is 0 Å². The first-order valence-electron chi connectivity index (χ1n) is 11.0. The number of ether oxygens (including phenoxy) is 2. The Hall–Kier alpha value is -4.04. The van der Waals surface area contributed by atoms with Gasteiger partial charge in [-0.25, -0.2) is 0 Å². The van der Waals surface area contributed by atoms with Crippen molar-refractivity contribution in [3.8, 4) is 11.5 Å². The predicted octanol–water partition coefficient (Wildman–Crippen LogP) is 5.13. The third-order valence-corrected chi connectivity index (χ3v) is 5.97. The maximum absolute atomic E-state index is 12.8. The Kier molecular flexibility index (Phi) is 7.84. The highest BCUT2D eigenvalue weighted by Crippen LogP contribution is 2.33. The number of aryl methyl sites for hydroxylation is 1. The second-order valence-corrected chi connectivity index (χ2v) is 8.73. The fraction of sp³-hybridized carbons (Fsp3) is 0.148. The zero-order valence-electron chi connectivity index (χ0n) is 19.1. The third-order valence-electron chi connectivity index (χ3n) is 5.07. The SMILES string of the molecule is Cc1cccc(NC(=O)COc2ccccc2/C=C2\SC(=O)N(CCOc3ccccc3)C2=O)c1. The molecule has 3 amide bonds. The van der Waals surface area contributed by atoms with E-state index in [9.17, 15) is 14.4 Å². The Balaban J connectivity index is 1.37. The second kappa shape index (κ2) is 11.4. The van der Waals surface area contributed by atoms with Crippen molar-refractivity contribution in [1.29, 1.82) is 0 Å². The molecule has 1 aliphatic rings. The maximum atomic E-state index is 12.8. The fourth-order valence-electron chi connectivity index (χ4n) is 3.40. The summed E-state index contributed by atoms with van der Waals surface area (Å²) in [5.74, 6) is 0.423. The van der Waals surface area contributed by atoms with Gasteiger partial charge in [-0.1, -0.05) is 48.5 Å². The molecule has 35 heavy (non-hydrogen) atoms. The average Bonchev–Trinajstić information content (AvgIpc) is 3.11. The van der Waals surface area contributed by atoms with Gasteiger partial charge in [0.05, 0.1) is 11.4 Å². The molecule has 0 radical (unpaired) electrons. The Morgan fingerprint density at radius 1 is 0.971 bits per heavy atom. The number of hydrogen-bond donors (Lipinski definition) is 1. The van der Waals surface area contributed by atoms with Crippen LogP contribution in [-0.4, -0.2) is 41.7 Å². The van der Waals surface area contributed by atoms with Crippen molar-refractivity contribution in [1.82, 2.24) is 4.90 Å². The fourth-order valence-corrected chi connectivity index (χ4v) is 4.26. The third kappa shape index (κ3) is 6.51. The van der Waals surface area contributed by atoms with Crippen LogP contribution < -0.4 is 14.8 Å². The molecule has 7 nitrogen and oxygen atoms in total. The number of anilines is 1. The van der Waals surface area contributed by atoms with Crippen molar-refractivity contribution >= 4 is 40.6 Å². The summed E-state index contributed by atoms with van der Waals surface area (Å²) < 4.78 is 11.3. The minimum Gasteiger partial charge on any atom is -0.492 e. The summed E-state index contributed by atoms with van der Waals surface area (Å²) in [4.78, 5) is 39.0. The molecule has 8 heteroatoms. The van der Waals surface area contributed by atoms with Crippen molar-refractivity contribution in [3.63, 3.8) is 0 Å². The smallest absolute Gasteiger partial charge is 0.293 e. The van der Waals surface area contributed by atoms with Gasteiger partial charge in [0, 0.05) is 11.3 Å². The molecule has 3 aromatic carbocycles. The zero-order valence-corrected chi connectivity index (χ0v) is 19.9. The van der Waals surface area contributed by atoms with Gasteiger partial charge in [0.2, 0.25) is 0 Å². The van der Waals surface area contributed by atoms with Crippen LogP contribution in [0.1, 0.15) is 11.1 Å². The van der Waals surface area contributed by atoms with Crippen molar-refractivity contribution in [3.05, 3.63) is 94.9 Å². The first-order valence-corrected chi connectivity index (χ1v) is 11.8. The van der Waals surface area contributed by atoms with Gasteiger partial charge >= 0.3 is 0 Å². The molecule has 1 saturated heterocycles. The van der Waals surface area contributed by atoms with Crippen LogP contribution in [0, 0.1) is 6.92 Å². The Labute approximate surface area is 207 Å². The summed E-state index contributed by atoms with van der Waals surface area (Å²) >= 11 is 0.867. The number of carbonyl (C=O) groups excluding carboxylic acids is 3. The summed E-state index contributed by atoms with van der Waals surface area (Å²) in [5.41, 5.74) is 2.33. The van der Waals surface area contributed by atoms with E-state index in [2.05, 4.69) is 5.32 Å². The van der Waals surface area contributed by atoms with E-state index in [1.165, 1.54) is 0 Å². The van der Waals surface area contributed by atoms with Crippen molar-refractivity contribution < 1.29 is 23.9 Å². The van der Waals surface area contributed by atoms with E-state index in [1.54, 1.807) is 36.4 Å².